The molecule has 1 rings (SSSR count). The molecule has 0 aliphatic carbocycles. The number of halogens is 1. The van der Waals surface area contributed by atoms with E-state index in [1.807, 2.05) is 0 Å². The summed E-state index contributed by atoms with van der Waals surface area (Å²) in [6.07, 6.45) is 0.365. The molecule has 0 bridgehead atoms. The Kier molecular flexibility index (Phi) is 3.79. The van der Waals surface area contributed by atoms with Crippen LogP contribution in [0.2, 0.25) is 0 Å². The standard InChI is InChI=1S/C9H8BrNO4/c10-8-5-7(11(14)15)3-1-6(8)2-4-9(12)13/h1,3,5H,2,4H2,(H,12,13). The number of nitro groups is 1. The van der Waals surface area contributed by atoms with E-state index in [0.717, 1.165) is 5.56 Å². The van der Waals surface area contributed by atoms with Crippen LogP contribution in [0.1, 0.15) is 12.0 Å². The molecule has 80 valence electrons. The second kappa shape index (κ2) is 4.88. The third-order valence-electron chi connectivity index (χ3n) is 1.86. The molecular formula is C9H8BrNO4. The fourth-order valence-corrected chi connectivity index (χ4v) is 1.66. The predicted molar refractivity (Wildman–Crippen MR) is 56.8 cm³/mol. The predicted octanol–water partition coefficient (Wildman–Crippen LogP) is 2.37. The maximum Gasteiger partial charge on any atom is 0.303 e. The normalized spacial score (nSPS) is 9.93. The van der Waals surface area contributed by atoms with Crippen molar-refractivity contribution >= 4 is 27.6 Å². The Morgan fingerprint density at radius 3 is 2.67 bits per heavy atom. The lowest BCUT2D eigenvalue weighted by Gasteiger charge is -2.01. The molecule has 0 aliphatic heterocycles. The van der Waals surface area contributed by atoms with Gasteiger partial charge in [-0.2, -0.15) is 0 Å². The molecule has 0 saturated carbocycles. The number of aliphatic carboxylic acids is 1. The lowest BCUT2D eigenvalue weighted by atomic mass is 10.1. The van der Waals surface area contributed by atoms with E-state index in [0.29, 0.717) is 10.9 Å². The summed E-state index contributed by atoms with van der Waals surface area (Å²) in [5.74, 6) is -0.889. The molecule has 1 N–H and O–H groups in total. The smallest absolute Gasteiger partial charge is 0.303 e. The van der Waals surface area contributed by atoms with E-state index in [-0.39, 0.29) is 12.1 Å². The molecule has 0 atom stereocenters. The Balaban J connectivity index is 2.83. The van der Waals surface area contributed by atoms with Crippen molar-refractivity contribution in [3.05, 3.63) is 38.3 Å². The van der Waals surface area contributed by atoms with Crippen molar-refractivity contribution in [3.8, 4) is 0 Å². The van der Waals surface area contributed by atoms with E-state index in [2.05, 4.69) is 15.9 Å². The van der Waals surface area contributed by atoms with Gasteiger partial charge in [0.1, 0.15) is 0 Å². The number of nitro benzene ring substituents is 1. The first kappa shape index (κ1) is 11.6. The number of benzene rings is 1. The van der Waals surface area contributed by atoms with Gasteiger partial charge in [-0.1, -0.05) is 22.0 Å². The average molecular weight is 274 g/mol. The van der Waals surface area contributed by atoms with Crippen LogP contribution in [-0.4, -0.2) is 16.0 Å². The van der Waals surface area contributed by atoms with Gasteiger partial charge < -0.3 is 5.11 Å². The number of carboxylic acids is 1. The highest BCUT2D eigenvalue weighted by Crippen LogP contribution is 2.23. The molecule has 0 aliphatic rings. The van der Waals surface area contributed by atoms with E-state index in [1.165, 1.54) is 12.1 Å². The minimum atomic E-state index is -0.889. The van der Waals surface area contributed by atoms with Crippen molar-refractivity contribution < 1.29 is 14.8 Å². The molecule has 6 heteroatoms. The summed E-state index contributed by atoms with van der Waals surface area (Å²) in [6.45, 7) is 0. The highest BCUT2D eigenvalue weighted by atomic mass is 79.9. The second-order valence-electron chi connectivity index (χ2n) is 2.93. The fourth-order valence-electron chi connectivity index (χ4n) is 1.09. The SMILES string of the molecule is O=C(O)CCc1ccc([N+](=O)[O-])cc1Br. The summed E-state index contributed by atoms with van der Waals surface area (Å²) in [4.78, 5) is 20.3. The maximum absolute atomic E-state index is 10.4. The summed E-state index contributed by atoms with van der Waals surface area (Å²) in [7, 11) is 0. The topological polar surface area (TPSA) is 80.4 Å². The lowest BCUT2D eigenvalue weighted by molar-refractivity contribution is -0.384. The number of carbonyl (C=O) groups is 1. The maximum atomic E-state index is 10.4. The van der Waals surface area contributed by atoms with Crippen LogP contribution < -0.4 is 0 Å². The Bertz CT molecular complexity index is 405. The molecule has 0 heterocycles. The van der Waals surface area contributed by atoms with E-state index in [9.17, 15) is 14.9 Å². The number of aryl methyl sites for hydroxylation is 1. The molecule has 0 amide bonds. The first-order valence-electron chi connectivity index (χ1n) is 4.15. The van der Waals surface area contributed by atoms with Crippen LogP contribution in [-0.2, 0) is 11.2 Å². The Hall–Kier alpha value is -1.43. The van der Waals surface area contributed by atoms with Crippen LogP contribution in [0.5, 0.6) is 0 Å². The number of nitrogens with zero attached hydrogens (tertiary/aromatic N) is 1. The Morgan fingerprint density at radius 1 is 1.53 bits per heavy atom. The van der Waals surface area contributed by atoms with E-state index in [1.54, 1.807) is 6.07 Å². The second-order valence-corrected chi connectivity index (χ2v) is 3.78. The van der Waals surface area contributed by atoms with Crippen LogP contribution in [0.25, 0.3) is 0 Å². The van der Waals surface area contributed by atoms with Crippen LogP contribution in [0.4, 0.5) is 5.69 Å². The van der Waals surface area contributed by atoms with E-state index in [4.69, 9.17) is 5.11 Å². The molecule has 0 fully saturated rings. The van der Waals surface area contributed by atoms with Gasteiger partial charge >= 0.3 is 5.97 Å². The third kappa shape index (κ3) is 3.32. The molecule has 0 unspecified atom stereocenters. The first-order valence-corrected chi connectivity index (χ1v) is 4.94. The van der Waals surface area contributed by atoms with Gasteiger partial charge in [-0.3, -0.25) is 14.9 Å². The van der Waals surface area contributed by atoms with Gasteiger partial charge in [0.05, 0.1) is 4.92 Å². The number of non-ortho nitro benzene ring substituents is 1. The van der Waals surface area contributed by atoms with Crippen molar-refractivity contribution in [3.63, 3.8) is 0 Å². The number of carboxylic acid groups (broad SMARTS) is 1. The van der Waals surface area contributed by atoms with Gasteiger partial charge in [0.2, 0.25) is 0 Å². The van der Waals surface area contributed by atoms with Crippen LogP contribution in [0.3, 0.4) is 0 Å². The van der Waals surface area contributed by atoms with Crippen molar-refractivity contribution in [2.45, 2.75) is 12.8 Å². The zero-order valence-corrected chi connectivity index (χ0v) is 9.23. The van der Waals surface area contributed by atoms with Crippen LogP contribution in [0.15, 0.2) is 22.7 Å². The lowest BCUT2D eigenvalue weighted by Crippen LogP contribution is -1.98. The van der Waals surface area contributed by atoms with E-state index < -0.39 is 10.9 Å². The molecule has 1 aromatic carbocycles. The molecule has 1 aromatic rings. The van der Waals surface area contributed by atoms with Gasteiger partial charge in [0.15, 0.2) is 0 Å². The van der Waals surface area contributed by atoms with Gasteiger partial charge in [-0.05, 0) is 12.0 Å². The molecule has 0 spiro atoms. The summed E-state index contributed by atoms with van der Waals surface area (Å²) in [5, 5.41) is 18.9. The summed E-state index contributed by atoms with van der Waals surface area (Å²) < 4.78 is 0.568. The molecule has 0 radical (unpaired) electrons. The van der Waals surface area contributed by atoms with Crippen molar-refractivity contribution in [2.24, 2.45) is 0 Å². The zero-order valence-electron chi connectivity index (χ0n) is 7.64. The molecule has 5 nitrogen and oxygen atoms in total. The summed E-state index contributed by atoms with van der Waals surface area (Å²) >= 11 is 3.17. The monoisotopic (exact) mass is 273 g/mol. The fraction of sp³-hybridized carbons (Fsp3) is 0.222. The minimum absolute atomic E-state index is 0.0103. The summed E-state index contributed by atoms with van der Waals surface area (Å²) in [6, 6.07) is 4.30. The third-order valence-corrected chi connectivity index (χ3v) is 2.59. The quantitative estimate of drug-likeness (QED) is 0.675. The van der Waals surface area contributed by atoms with Gasteiger partial charge in [-0.15, -0.1) is 0 Å². The summed E-state index contributed by atoms with van der Waals surface area (Å²) in [5.41, 5.74) is 0.740. The van der Waals surface area contributed by atoms with Gasteiger partial charge in [0, 0.05) is 23.0 Å². The molecular weight excluding hydrogens is 266 g/mol. The Labute approximate surface area is 94.0 Å². The van der Waals surface area contributed by atoms with Gasteiger partial charge in [0.25, 0.3) is 5.69 Å². The highest BCUT2D eigenvalue weighted by Gasteiger charge is 2.09. The zero-order chi connectivity index (χ0) is 11.4. The average Bonchev–Trinajstić information content (AvgIpc) is 2.15. The minimum Gasteiger partial charge on any atom is -0.481 e. The molecule has 0 saturated heterocycles. The number of hydrogen-bond acceptors (Lipinski definition) is 3. The van der Waals surface area contributed by atoms with Crippen LogP contribution in [0, 0.1) is 10.1 Å². The van der Waals surface area contributed by atoms with Crippen molar-refractivity contribution in [2.75, 3.05) is 0 Å². The van der Waals surface area contributed by atoms with Crippen molar-refractivity contribution in [1.82, 2.24) is 0 Å². The highest BCUT2D eigenvalue weighted by molar-refractivity contribution is 9.10. The number of rotatable bonds is 4. The first-order chi connectivity index (χ1) is 7.00. The largest absolute Gasteiger partial charge is 0.481 e. The van der Waals surface area contributed by atoms with Crippen molar-refractivity contribution in [1.29, 1.82) is 0 Å². The van der Waals surface area contributed by atoms with E-state index >= 15 is 0 Å². The molecule has 15 heavy (non-hydrogen) atoms. The number of hydrogen-bond donors (Lipinski definition) is 1. The molecule has 0 aromatic heterocycles. The van der Waals surface area contributed by atoms with Crippen LogP contribution >= 0.6 is 15.9 Å². The Morgan fingerprint density at radius 2 is 2.20 bits per heavy atom. The van der Waals surface area contributed by atoms with Gasteiger partial charge in [-0.25, -0.2) is 0 Å².